The summed E-state index contributed by atoms with van der Waals surface area (Å²) in [6.45, 7) is 3.68. The van der Waals surface area contributed by atoms with Gasteiger partial charge in [-0.25, -0.2) is 4.79 Å². The Morgan fingerprint density at radius 3 is 2.65 bits per heavy atom. The first-order chi connectivity index (χ1) is 12.3. The van der Waals surface area contributed by atoms with Crippen molar-refractivity contribution in [2.24, 2.45) is 5.92 Å². The van der Waals surface area contributed by atoms with Crippen molar-refractivity contribution in [3.05, 3.63) is 21.9 Å². The predicted molar refractivity (Wildman–Crippen MR) is 96.8 cm³/mol. The summed E-state index contributed by atoms with van der Waals surface area (Å²) in [4.78, 5) is 50.9. The highest BCUT2D eigenvalue weighted by molar-refractivity contribution is 7.14. The van der Waals surface area contributed by atoms with Crippen LogP contribution in [-0.4, -0.2) is 40.6 Å². The highest BCUT2D eigenvalue weighted by Gasteiger charge is 2.52. The first kappa shape index (κ1) is 18.6. The van der Waals surface area contributed by atoms with Gasteiger partial charge in [-0.05, 0) is 43.7 Å². The lowest BCUT2D eigenvalue weighted by Crippen LogP contribution is -2.49. The zero-order valence-corrected chi connectivity index (χ0v) is 15.8. The Morgan fingerprint density at radius 2 is 2.00 bits per heavy atom. The largest absolute Gasteiger partial charge is 0.351 e. The molecule has 0 radical (unpaired) electrons. The first-order valence-corrected chi connectivity index (χ1v) is 9.63. The standard InChI is InChI=1S/C18H23N3O4S/c1-11-5-7-18(8-6-11)16(24)21(17(25)20-18)10-14(23)15-4-3-13(26-15)9-19-12(2)22/h3-4,11H,5-10H2,1-2H3,(H,19,22)(H,20,25). The van der Waals surface area contributed by atoms with Gasteiger partial charge in [-0.3, -0.25) is 19.3 Å². The molecule has 3 rings (SSSR count). The molecule has 2 aliphatic rings. The molecule has 1 spiro atoms. The highest BCUT2D eigenvalue weighted by Crippen LogP contribution is 2.36. The molecule has 0 atom stereocenters. The Balaban J connectivity index is 1.65. The summed E-state index contributed by atoms with van der Waals surface area (Å²) in [5.41, 5.74) is -0.824. The number of amides is 4. The van der Waals surface area contributed by atoms with E-state index in [0.717, 1.165) is 22.6 Å². The maximum atomic E-state index is 12.8. The normalized spacial score (nSPS) is 25.5. The molecule has 1 aromatic heterocycles. The van der Waals surface area contributed by atoms with Crippen LogP contribution in [0.5, 0.6) is 0 Å². The molecule has 1 saturated carbocycles. The lowest BCUT2D eigenvalue weighted by Gasteiger charge is -2.33. The van der Waals surface area contributed by atoms with Crippen molar-refractivity contribution in [1.82, 2.24) is 15.5 Å². The SMILES string of the molecule is CC(=O)NCc1ccc(C(=O)CN2C(=O)NC3(CCC(C)CC3)C2=O)s1. The van der Waals surface area contributed by atoms with Crippen molar-refractivity contribution in [3.63, 3.8) is 0 Å². The second-order valence-corrected chi connectivity index (χ2v) is 8.35. The summed E-state index contributed by atoms with van der Waals surface area (Å²) >= 11 is 1.26. The van der Waals surface area contributed by atoms with Gasteiger partial charge in [0.25, 0.3) is 5.91 Å². The van der Waals surface area contributed by atoms with E-state index in [-0.39, 0.29) is 24.1 Å². The summed E-state index contributed by atoms with van der Waals surface area (Å²) < 4.78 is 0. The van der Waals surface area contributed by atoms with E-state index in [0.29, 0.717) is 30.2 Å². The van der Waals surface area contributed by atoms with Crippen LogP contribution >= 0.6 is 11.3 Å². The number of ketones is 1. The summed E-state index contributed by atoms with van der Waals surface area (Å²) in [5, 5.41) is 5.50. The molecule has 2 heterocycles. The fourth-order valence-corrected chi connectivity index (χ4v) is 4.35. The second kappa shape index (κ2) is 7.19. The molecule has 1 aliphatic carbocycles. The zero-order valence-electron chi connectivity index (χ0n) is 15.0. The van der Waals surface area contributed by atoms with Gasteiger partial charge in [-0.15, -0.1) is 11.3 Å². The number of carbonyl (C=O) groups excluding carboxylic acids is 4. The number of urea groups is 1. The molecule has 1 aliphatic heterocycles. The number of rotatable bonds is 5. The number of hydrogen-bond donors (Lipinski definition) is 2. The molecular weight excluding hydrogens is 354 g/mol. The van der Waals surface area contributed by atoms with Crippen LogP contribution in [-0.2, 0) is 16.1 Å². The molecule has 1 aromatic rings. The smallest absolute Gasteiger partial charge is 0.325 e. The quantitative estimate of drug-likeness (QED) is 0.606. The third-order valence-corrected chi connectivity index (χ3v) is 6.25. The Kier molecular flexibility index (Phi) is 5.13. The number of carbonyl (C=O) groups is 4. The van der Waals surface area contributed by atoms with E-state index in [1.807, 2.05) is 0 Å². The number of Topliss-reactive ketones (excluding diaryl/α,β-unsaturated/α-hetero) is 1. The van der Waals surface area contributed by atoms with Crippen molar-refractivity contribution in [2.75, 3.05) is 6.54 Å². The van der Waals surface area contributed by atoms with Crippen LogP contribution in [0.2, 0.25) is 0 Å². The fourth-order valence-electron chi connectivity index (χ4n) is 3.47. The van der Waals surface area contributed by atoms with E-state index < -0.39 is 11.6 Å². The minimum atomic E-state index is -0.824. The third kappa shape index (κ3) is 3.65. The van der Waals surface area contributed by atoms with Gasteiger partial charge in [-0.1, -0.05) is 6.92 Å². The van der Waals surface area contributed by atoms with Crippen LogP contribution in [0.25, 0.3) is 0 Å². The molecule has 4 amide bonds. The molecule has 140 valence electrons. The second-order valence-electron chi connectivity index (χ2n) is 7.18. The van der Waals surface area contributed by atoms with Crippen molar-refractivity contribution in [3.8, 4) is 0 Å². The Morgan fingerprint density at radius 1 is 1.31 bits per heavy atom. The van der Waals surface area contributed by atoms with E-state index in [1.165, 1.54) is 18.3 Å². The molecule has 1 saturated heterocycles. The van der Waals surface area contributed by atoms with E-state index >= 15 is 0 Å². The lowest BCUT2D eigenvalue weighted by atomic mass is 9.77. The molecule has 0 bridgehead atoms. The van der Waals surface area contributed by atoms with Gasteiger partial charge in [0.2, 0.25) is 5.91 Å². The number of imide groups is 1. The topological polar surface area (TPSA) is 95.6 Å². The Labute approximate surface area is 156 Å². The van der Waals surface area contributed by atoms with Gasteiger partial charge in [0, 0.05) is 11.8 Å². The van der Waals surface area contributed by atoms with Crippen molar-refractivity contribution < 1.29 is 19.2 Å². The maximum absolute atomic E-state index is 12.8. The van der Waals surface area contributed by atoms with Crippen molar-refractivity contribution in [1.29, 1.82) is 0 Å². The van der Waals surface area contributed by atoms with Crippen LogP contribution in [0.3, 0.4) is 0 Å². The molecule has 0 aromatic carbocycles. The predicted octanol–water partition coefficient (Wildman–Crippen LogP) is 2.07. The molecular formula is C18H23N3O4S. The molecule has 26 heavy (non-hydrogen) atoms. The van der Waals surface area contributed by atoms with Crippen LogP contribution in [0.15, 0.2) is 12.1 Å². The Hall–Kier alpha value is -2.22. The van der Waals surface area contributed by atoms with E-state index in [2.05, 4.69) is 17.6 Å². The highest BCUT2D eigenvalue weighted by atomic mass is 32.1. The van der Waals surface area contributed by atoms with Gasteiger partial charge in [0.05, 0.1) is 18.0 Å². The van der Waals surface area contributed by atoms with E-state index in [1.54, 1.807) is 12.1 Å². The van der Waals surface area contributed by atoms with Crippen molar-refractivity contribution >= 4 is 35.0 Å². The number of nitrogens with zero attached hydrogens (tertiary/aromatic N) is 1. The van der Waals surface area contributed by atoms with Crippen LogP contribution in [0.4, 0.5) is 4.79 Å². The molecule has 0 unspecified atom stereocenters. The molecule has 8 heteroatoms. The van der Waals surface area contributed by atoms with E-state index in [9.17, 15) is 19.2 Å². The fraction of sp³-hybridized carbons (Fsp3) is 0.556. The third-order valence-electron chi connectivity index (χ3n) is 5.12. The van der Waals surface area contributed by atoms with E-state index in [4.69, 9.17) is 0 Å². The minimum Gasteiger partial charge on any atom is -0.351 e. The monoisotopic (exact) mass is 377 g/mol. The number of nitrogens with one attached hydrogen (secondary N) is 2. The minimum absolute atomic E-state index is 0.141. The van der Waals surface area contributed by atoms with Gasteiger partial charge in [0.15, 0.2) is 5.78 Å². The molecule has 2 N–H and O–H groups in total. The van der Waals surface area contributed by atoms with Crippen molar-refractivity contribution in [2.45, 2.75) is 51.6 Å². The van der Waals surface area contributed by atoms with Gasteiger partial charge >= 0.3 is 6.03 Å². The summed E-state index contributed by atoms with van der Waals surface area (Å²) in [6, 6.07) is 2.96. The molecule has 7 nitrogen and oxygen atoms in total. The average Bonchev–Trinajstić information content (AvgIpc) is 3.15. The van der Waals surface area contributed by atoms with Gasteiger partial charge in [0.1, 0.15) is 5.54 Å². The van der Waals surface area contributed by atoms with Gasteiger partial charge in [-0.2, -0.15) is 0 Å². The Bertz CT molecular complexity index is 749. The maximum Gasteiger partial charge on any atom is 0.325 e. The molecule has 2 fully saturated rings. The zero-order chi connectivity index (χ0) is 18.9. The number of hydrogen-bond acceptors (Lipinski definition) is 5. The first-order valence-electron chi connectivity index (χ1n) is 8.81. The lowest BCUT2D eigenvalue weighted by molar-refractivity contribution is -0.132. The van der Waals surface area contributed by atoms with Crippen LogP contribution in [0, 0.1) is 5.92 Å². The average molecular weight is 377 g/mol. The summed E-state index contributed by atoms with van der Waals surface area (Å²) in [7, 11) is 0. The summed E-state index contributed by atoms with van der Waals surface area (Å²) in [5.74, 6) is -0.140. The van der Waals surface area contributed by atoms with Gasteiger partial charge < -0.3 is 10.6 Å². The number of thiophene rings is 1. The van der Waals surface area contributed by atoms with Crippen LogP contribution in [0.1, 0.15) is 54.1 Å². The van der Waals surface area contributed by atoms with Crippen LogP contribution < -0.4 is 10.6 Å². The summed E-state index contributed by atoms with van der Waals surface area (Å²) in [6.07, 6.45) is 3.04.